The number of nitrogens with one attached hydrogen (secondary N) is 1. The summed E-state index contributed by atoms with van der Waals surface area (Å²) in [6.07, 6.45) is 4.34. The van der Waals surface area contributed by atoms with Crippen molar-refractivity contribution >= 4 is 23.2 Å². The van der Waals surface area contributed by atoms with Gasteiger partial charge in [-0.05, 0) is 25.0 Å². The zero-order chi connectivity index (χ0) is 18.1. The highest BCUT2D eigenvalue weighted by Crippen LogP contribution is 2.34. The molecule has 2 aliphatic rings. The Labute approximate surface area is 150 Å². The van der Waals surface area contributed by atoms with E-state index in [-0.39, 0.29) is 24.8 Å². The van der Waals surface area contributed by atoms with Crippen LogP contribution in [0.25, 0.3) is 0 Å². The number of nitrogens with zero attached hydrogens (tertiary/aromatic N) is 3. The summed E-state index contributed by atoms with van der Waals surface area (Å²) in [5.41, 5.74) is 7.17. The molecule has 0 bridgehead atoms. The number of anilines is 2. The Hall–Kier alpha value is -2.74. The van der Waals surface area contributed by atoms with Crippen molar-refractivity contribution in [2.24, 2.45) is 5.73 Å². The van der Waals surface area contributed by atoms with Crippen LogP contribution in [0.15, 0.2) is 28.8 Å². The quantitative estimate of drug-likeness (QED) is 0.863. The van der Waals surface area contributed by atoms with Crippen molar-refractivity contribution in [1.82, 2.24) is 10.1 Å². The van der Waals surface area contributed by atoms with E-state index in [2.05, 4.69) is 15.5 Å². The van der Waals surface area contributed by atoms with Crippen LogP contribution < -0.4 is 16.0 Å². The van der Waals surface area contributed by atoms with Gasteiger partial charge < -0.3 is 20.5 Å². The van der Waals surface area contributed by atoms with Crippen molar-refractivity contribution in [3.63, 3.8) is 0 Å². The van der Waals surface area contributed by atoms with Crippen molar-refractivity contribution in [2.45, 2.75) is 44.1 Å². The largest absolute Gasteiger partial charge is 0.339 e. The molecule has 3 N–H and O–H groups in total. The first kappa shape index (κ1) is 16.7. The van der Waals surface area contributed by atoms with Crippen LogP contribution >= 0.6 is 0 Å². The van der Waals surface area contributed by atoms with Crippen LogP contribution in [-0.2, 0) is 21.5 Å². The van der Waals surface area contributed by atoms with E-state index in [0.717, 1.165) is 25.7 Å². The molecule has 2 aromatic rings. The number of nitrogens with two attached hydrogens (primary N) is 1. The molecular formula is C18H21N5O3. The zero-order valence-corrected chi connectivity index (χ0v) is 14.4. The van der Waals surface area contributed by atoms with E-state index in [1.165, 1.54) is 4.90 Å². The summed E-state index contributed by atoms with van der Waals surface area (Å²) < 4.78 is 5.28. The molecule has 0 atom stereocenters. The van der Waals surface area contributed by atoms with Gasteiger partial charge in [-0.25, -0.2) is 0 Å². The molecule has 4 rings (SSSR count). The Balaban J connectivity index is 1.43. The van der Waals surface area contributed by atoms with Crippen LogP contribution in [0.1, 0.15) is 43.8 Å². The predicted octanol–water partition coefficient (Wildman–Crippen LogP) is 1.72. The molecule has 1 aromatic heterocycles. The number of hydrogen-bond donors (Lipinski definition) is 2. The minimum absolute atomic E-state index is 0.0108. The van der Waals surface area contributed by atoms with Gasteiger partial charge in [0, 0.05) is 12.8 Å². The first-order chi connectivity index (χ1) is 12.5. The third-order valence-electron chi connectivity index (χ3n) is 5.03. The van der Waals surface area contributed by atoms with E-state index in [0.29, 0.717) is 29.5 Å². The van der Waals surface area contributed by atoms with Crippen LogP contribution in [0.3, 0.4) is 0 Å². The standard InChI is InChI=1S/C18H21N5O3/c19-18(9-3-4-10-18)17-21-15(26-22-17)7-8-16(25)23-11-14(24)20-12-5-1-2-6-13(12)23/h1-2,5-6H,3-4,7-11,19H2,(H,20,24). The molecule has 1 fully saturated rings. The summed E-state index contributed by atoms with van der Waals surface area (Å²) in [6, 6.07) is 7.25. The van der Waals surface area contributed by atoms with Gasteiger partial charge >= 0.3 is 0 Å². The smallest absolute Gasteiger partial charge is 0.244 e. The van der Waals surface area contributed by atoms with E-state index in [1.54, 1.807) is 6.07 Å². The van der Waals surface area contributed by atoms with Crippen LogP contribution in [0, 0.1) is 0 Å². The van der Waals surface area contributed by atoms with Gasteiger partial charge in [-0.2, -0.15) is 4.98 Å². The van der Waals surface area contributed by atoms with Gasteiger partial charge in [0.1, 0.15) is 6.54 Å². The number of fused-ring (bicyclic) bond motifs is 1. The molecule has 26 heavy (non-hydrogen) atoms. The molecule has 0 unspecified atom stereocenters. The highest BCUT2D eigenvalue weighted by Gasteiger charge is 2.36. The van der Waals surface area contributed by atoms with E-state index < -0.39 is 5.54 Å². The molecule has 8 heteroatoms. The Morgan fingerprint density at radius 1 is 1.31 bits per heavy atom. The average Bonchev–Trinajstić information content (AvgIpc) is 3.29. The lowest BCUT2D eigenvalue weighted by Gasteiger charge is -2.29. The predicted molar refractivity (Wildman–Crippen MR) is 94.4 cm³/mol. The fraction of sp³-hybridized carbons (Fsp3) is 0.444. The van der Waals surface area contributed by atoms with E-state index in [1.807, 2.05) is 18.2 Å². The molecule has 0 spiro atoms. The van der Waals surface area contributed by atoms with Gasteiger partial charge in [-0.15, -0.1) is 0 Å². The second-order valence-corrected chi connectivity index (χ2v) is 6.92. The number of aromatic nitrogens is 2. The molecule has 1 aliphatic carbocycles. The molecule has 1 saturated carbocycles. The van der Waals surface area contributed by atoms with Crippen molar-refractivity contribution in [3.05, 3.63) is 36.0 Å². The monoisotopic (exact) mass is 355 g/mol. The molecule has 136 valence electrons. The van der Waals surface area contributed by atoms with E-state index in [4.69, 9.17) is 10.3 Å². The lowest BCUT2D eigenvalue weighted by molar-refractivity contribution is -0.121. The van der Waals surface area contributed by atoms with Crippen molar-refractivity contribution in [3.8, 4) is 0 Å². The van der Waals surface area contributed by atoms with Crippen molar-refractivity contribution in [2.75, 3.05) is 16.8 Å². The number of carbonyl (C=O) groups is 2. The first-order valence-corrected chi connectivity index (χ1v) is 8.86. The summed E-state index contributed by atoms with van der Waals surface area (Å²) in [7, 11) is 0. The maximum Gasteiger partial charge on any atom is 0.244 e. The highest BCUT2D eigenvalue weighted by atomic mass is 16.5. The first-order valence-electron chi connectivity index (χ1n) is 8.86. The molecule has 1 aromatic carbocycles. The second-order valence-electron chi connectivity index (χ2n) is 6.92. The van der Waals surface area contributed by atoms with E-state index in [9.17, 15) is 9.59 Å². The minimum atomic E-state index is -0.504. The average molecular weight is 355 g/mol. The van der Waals surface area contributed by atoms with Gasteiger partial charge in [-0.3, -0.25) is 9.59 Å². The number of amides is 2. The maximum absolute atomic E-state index is 12.6. The number of carbonyl (C=O) groups excluding carboxylic acids is 2. The lowest BCUT2D eigenvalue weighted by Crippen LogP contribution is -2.42. The van der Waals surface area contributed by atoms with Gasteiger partial charge in [0.05, 0.1) is 16.9 Å². The van der Waals surface area contributed by atoms with E-state index >= 15 is 0 Å². The fourth-order valence-electron chi connectivity index (χ4n) is 3.59. The summed E-state index contributed by atoms with van der Waals surface area (Å²) in [5, 5.41) is 6.78. The molecule has 0 radical (unpaired) electrons. The van der Waals surface area contributed by atoms with Gasteiger partial charge in [0.2, 0.25) is 17.7 Å². The van der Waals surface area contributed by atoms with Crippen LogP contribution in [0.2, 0.25) is 0 Å². The molecule has 0 saturated heterocycles. The fourth-order valence-corrected chi connectivity index (χ4v) is 3.59. The molecular weight excluding hydrogens is 334 g/mol. The summed E-state index contributed by atoms with van der Waals surface area (Å²) >= 11 is 0. The SMILES string of the molecule is NC1(c2noc(CCC(=O)N3CC(=O)Nc4ccccc43)n2)CCCC1. The number of rotatable bonds is 4. The third kappa shape index (κ3) is 3.08. The topological polar surface area (TPSA) is 114 Å². The lowest BCUT2D eigenvalue weighted by atomic mass is 9.99. The summed E-state index contributed by atoms with van der Waals surface area (Å²) in [6.45, 7) is 0.0108. The number of hydrogen-bond acceptors (Lipinski definition) is 6. The molecule has 2 amide bonds. The molecule has 8 nitrogen and oxygen atoms in total. The Kier molecular flexibility index (Phi) is 4.20. The Bertz CT molecular complexity index is 841. The maximum atomic E-state index is 12.6. The molecule has 2 heterocycles. The third-order valence-corrected chi connectivity index (χ3v) is 5.03. The summed E-state index contributed by atoms with van der Waals surface area (Å²) in [4.78, 5) is 30.4. The van der Waals surface area contributed by atoms with Crippen LogP contribution in [-0.4, -0.2) is 28.5 Å². The number of para-hydroxylation sites is 2. The Morgan fingerprint density at radius 3 is 2.88 bits per heavy atom. The van der Waals surface area contributed by atoms with Gasteiger partial charge in [0.25, 0.3) is 0 Å². The van der Waals surface area contributed by atoms with Gasteiger partial charge in [-0.1, -0.05) is 30.1 Å². The zero-order valence-electron chi connectivity index (χ0n) is 14.4. The van der Waals surface area contributed by atoms with Crippen LogP contribution in [0.5, 0.6) is 0 Å². The highest BCUT2D eigenvalue weighted by molar-refractivity contribution is 6.09. The second kappa shape index (κ2) is 6.53. The summed E-state index contributed by atoms with van der Waals surface area (Å²) in [5.74, 6) is 0.568. The van der Waals surface area contributed by atoms with Crippen molar-refractivity contribution < 1.29 is 14.1 Å². The minimum Gasteiger partial charge on any atom is -0.339 e. The van der Waals surface area contributed by atoms with Crippen LogP contribution in [0.4, 0.5) is 11.4 Å². The molecule has 1 aliphatic heterocycles. The number of benzene rings is 1. The van der Waals surface area contributed by atoms with Crippen molar-refractivity contribution in [1.29, 1.82) is 0 Å². The normalized spacial score (nSPS) is 18.5. The number of aryl methyl sites for hydroxylation is 1. The Morgan fingerprint density at radius 2 is 2.08 bits per heavy atom. The van der Waals surface area contributed by atoms with Gasteiger partial charge in [0.15, 0.2) is 5.82 Å².